The summed E-state index contributed by atoms with van der Waals surface area (Å²) in [5, 5.41) is 4.08. The maximum absolute atomic E-state index is 12.2. The number of benzene rings is 2. The van der Waals surface area contributed by atoms with Gasteiger partial charge in [0.05, 0.1) is 20.8 Å². The third-order valence-electron chi connectivity index (χ3n) is 3.72. The van der Waals surface area contributed by atoms with Gasteiger partial charge in [-0.1, -0.05) is 41.3 Å². The largest absolute Gasteiger partial charge is 0.325 e. The van der Waals surface area contributed by atoms with Gasteiger partial charge in [-0.2, -0.15) is 0 Å². The summed E-state index contributed by atoms with van der Waals surface area (Å²) in [6.45, 7) is 2.48. The van der Waals surface area contributed by atoms with Gasteiger partial charge in [0.25, 0.3) is 5.56 Å². The Kier molecular flexibility index (Phi) is 5.02. The predicted octanol–water partition coefficient (Wildman–Crippen LogP) is 4.44. The van der Waals surface area contributed by atoms with Crippen LogP contribution < -0.4 is 10.9 Å². The predicted molar refractivity (Wildman–Crippen MR) is 100 cm³/mol. The Balaban J connectivity index is 1.58. The molecular formula is C18H17ClN2O2S. The molecule has 0 saturated carbocycles. The number of amides is 1. The quantitative estimate of drug-likeness (QED) is 0.731. The average Bonchev–Trinajstić information content (AvgIpc) is 2.87. The zero-order chi connectivity index (χ0) is 17.1. The van der Waals surface area contributed by atoms with Gasteiger partial charge in [-0.15, -0.1) is 0 Å². The Morgan fingerprint density at radius 3 is 2.79 bits per heavy atom. The number of hydrogen-bond acceptors (Lipinski definition) is 3. The lowest BCUT2D eigenvalue weighted by Crippen LogP contribution is -2.16. The number of aromatic nitrogens is 1. The van der Waals surface area contributed by atoms with Crippen LogP contribution in [0.2, 0.25) is 5.02 Å². The van der Waals surface area contributed by atoms with Crippen LogP contribution in [-0.4, -0.2) is 9.86 Å². The van der Waals surface area contributed by atoms with Crippen LogP contribution in [0.3, 0.4) is 0 Å². The number of fused-ring (bicyclic) bond motifs is 1. The molecule has 24 heavy (non-hydrogen) atoms. The zero-order valence-electron chi connectivity index (χ0n) is 13.2. The Bertz CT molecular complexity index is 946. The summed E-state index contributed by atoms with van der Waals surface area (Å²) in [5.41, 5.74) is 1.67. The summed E-state index contributed by atoms with van der Waals surface area (Å²) in [6, 6.07) is 13.1. The molecule has 1 N–H and O–H groups in total. The molecule has 0 atom stereocenters. The zero-order valence-corrected chi connectivity index (χ0v) is 14.8. The number of carbonyl (C=O) groups is 1. The summed E-state index contributed by atoms with van der Waals surface area (Å²) in [5.74, 6) is -0.102. The molecule has 1 aromatic heterocycles. The van der Waals surface area contributed by atoms with E-state index >= 15 is 0 Å². The second kappa shape index (κ2) is 7.20. The van der Waals surface area contributed by atoms with Gasteiger partial charge in [-0.05, 0) is 43.2 Å². The molecule has 6 heteroatoms. The van der Waals surface area contributed by atoms with Crippen LogP contribution >= 0.6 is 23.1 Å². The second-order valence-corrected chi connectivity index (χ2v) is 7.10. The third kappa shape index (κ3) is 3.68. The maximum atomic E-state index is 12.2. The van der Waals surface area contributed by atoms with Crippen LogP contribution in [0.25, 0.3) is 10.1 Å². The van der Waals surface area contributed by atoms with E-state index in [0.717, 1.165) is 15.6 Å². The minimum absolute atomic E-state index is 0.0117. The van der Waals surface area contributed by atoms with E-state index in [1.54, 1.807) is 10.0 Å². The summed E-state index contributed by atoms with van der Waals surface area (Å²) in [7, 11) is 0. The summed E-state index contributed by atoms with van der Waals surface area (Å²) < 4.78 is 2.68. The first kappa shape index (κ1) is 16.7. The highest BCUT2D eigenvalue weighted by atomic mass is 35.5. The Morgan fingerprint density at radius 2 is 2.04 bits per heavy atom. The summed E-state index contributed by atoms with van der Waals surface area (Å²) in [4.78, 5) is 24.3. The smallest absolute Gasteiger partial charge is 0.268 e. The van der Waals surface area contributed by atoms with Crippen LogP contribution in [-0.2, 0) is 11.3 Å². The second-order valence-electron chi connectivity index (χ2n) is 5.63. The van der Waals surface area contributed by atoms with Crippen LogP contribution in [0.15, 0.2) is 47.3 Å². The highest BCUT2D eigenvalue weighted by Crippen LogP contribution is 2.23. The molecule has 0 aliphatic rings. The monoisotopic (exact) mass is 360 g/mol. The molecule has 1 amide bonds. The fraction of sp³-hybridized carbons (Fsp3) is 0.222. The van der Waals surface area contributed by atoms with E-state index in [4.69, 9.17) is 11.6 Å². The highest BCUT2D eigenvalue weighted by Gasteiger charge is 2.09. The standard InChI is InChI=1S/C18H17ClN2O2S/c1-12-8-9-15(14(19)11-12)20-17(22)7-4-10-21-18(23)13-5-2-3-6-16(13)24-21/h2-3,5-6,8-9,11H,4,7,10H2,1H3,(H,20,22). The topological polar surface area (TPSA) is 51.1 Å². The van der Waals surface area contributed by atoms with E-state index in [0.29, 0.717) is 30.1 Å². The first-order chi connectivity index (χ1) is 11.5. The van der Waals surface area contributed by atoms with Gasteiger partial charge in [0.1, 0.15) is 0 Å². The Morgan fingerprint density at radius 1 is 1.25 bits per heavy atom. The van der Waals surface area contributed by atoms with E-state index < -0.39 is 0 Å². The van der Waals surface area contributed by atoms with Crippen molar-refractivity contribution in [2.75, 3.05) is 5.32 Å². The van der Waals surface area contributed by atoms with Crippen LogP contribution in [0.4, 0.5) is 5.69 Å². The van der Waals surface area contributed by atoms with Crippen LogP contribution in [0.5, 0.6) is 0 Å². The number of halogens is 1. The lowest BCUT2D eigenvalue weighted by atomic mass is 10.2. The van der Waals surface area contributed by atoms with Gasteiger partial charge in [-0.25, -0.2) is 0 Å². The molecule has 1 heterocycles. The van der Waals surface area contributed by atoms with Crippen molar-refractivity contribution >= 4 is 44.8 Å². The van der Waals surface area contributed by atoms with Gasteiger partial charge in [-0.3, -0.25) is 13.5 Å². The van der Waals surface area contributed by atoms with Gasteiger partial charge >= 0.3 is 0 Å². The van der Waals surface area contributed by atoms with Gasteiger partial charge in [0.15, 0.2) is 0 Å². The minimum atomic E-state index is -0.102. The molecule has 3 aromatic rings. The van der Waals surface area contributed by atoms with E-state index in [2.05, 4.69) is 5.32 Å². The number of hydrogen-bond donors (Lipinski definition) is 1. The number of nitrogens with one attached hydrogen (secondary N) is 1. The van der Waals surface area contributed by atoms with E-state index in [1.165, 1.54) is 11.5 Å². The molecule has 0 aliphatic heterocycles. The van der Waals surface area contributed by atoms with Crippen LogP contribution in [0, 0.1) is 6.92 Å². The molecule has 3 rings (SSSR count). The van der Waals surface area contributed by atoms with Crippen molar-refractivity contribution in [3.63, 3.8) is 0 Å². The molecule has 0 fully saturated rings. The SMILES string of the molecule is Cc1ccc(NC(=O)CCCn2sc3ccccc3c2=O)c(Cl)c1. The first-order valence-corrected chi connectivity index (χ1v) is 8.84. The van der Waals surface area contributed by atoms with E-state index in [-0.39, 0.29) is 11.5 Å². The number of nitrogens with zero attached hydrogens (tertiary/aromatic N) is 1. The van der Waals surface area contributed by atoms with Crippen molar-refractivity contribution in [2.24, 2.45) is 0 Å². The lowest BCUT2D eigenvalue weighted by Gasteiger charge is -2.08. The lowest BCUT2D eigenvalue weighted by molar-refractivity contribution is -0.116. The molecule has 2 aromatic carbocycles. The number of carbonyl (C=O) groups excluding carboxylic acids is 1. The summed E-state index contributed by atoms with van der Waals surface area (Å²) in [6.07, 6.45) is 0.937. The molecule has 0 unspecified atom stereocenters. The van der Waals surface area contributed by atoms with Gasteiger partial charge < -0.3 is 5.32 Å². The number of aryl methyl sites for hydroxylation is 2. The molecule has 0 bridgehead atoms. The Labute approximate surface area is 148 Å². The molecule has 0 saturated heterocycles. The molecule has 0 aliphatic carbocycles. The van der Waals surface area contributed by atoms with Crippen molar-refractivity contribution in [3.05, 3.63) is 63.4 Å². The normalized spacial score (nSPS) is 10.9. The first-order valence-electron chi connectivity index (χ1n) is 7.69. The maximum Gasteiger partial charge on any atom is 0.268 e. The molecule has 124 valence electrons. The third-order valence-corrected chi connectivity index (χ3v) is 5.15. The highest BCUT2D eigenvalue weighted by molar-refractivity contribution is 7.13. The van der Waals surface area contributed by atoms with Crippen molar-refractivity contribution in [2.45, 2.75) is 26.3 Å². The van der Waals surface area contributed by atoms with Gasteiger partial charge in [0, 0.05) is 13.0 Å². The number of anilines is 1. The van der Waals surface area contributed by atoms with Crippen molar-refractivity contribution in [3.8, 4) is 0 Å². The molecule has 0 spiro atoms. The van der Waals surface area contributed by atoms with Crippen LogP contribution in [0.1, 0.15) is 18.4 Å². The minimum Gasteiger partial charge on any atom is -0.325 e. The van der Waals surface area contributed by atoms with Crippen molar-refractivity contribution in [1.29, 1.82) is 0 Å². The fourth-order valence-corrected chi connectivity index (χ4v) is 3.80. The molecule has 0 radical (unpaired) electrons. The molecule has 4 nitrogen and oxygen atoms in total. The number of rotatable bonds is 5. The van der Waals surface area contributed by atoms with E-state index in [9.17, 15) is 9.59 Å². The average molecular weight is 361 g/mol. The van der Waals surface area contributed by atoms with Gasteiger partial charge in [0.2, 0.25) is 5.91 Å². The van der Waals surface area contributed by atoms with Crippen molar-refractivity contribution < 1.29 is 4.79 Å². The summed E-state index contributed by atoms with van der Waals surface area (Å²) >= 11 is 7.55. The Hall–Kier alpha value is -2.11. The van der Waals surface area contributed by atoms with Crippen molar-refractivity contribution in [1.82, 2.24) is 3.96 Å². The fourth-order valence-electron chi connectivity index (χ4n) is 2.48. The van der Waals surface area contributed by atoms with E-state index in [1.807, 2.05) is 43.3 Å². The molecular weight excluding hydrogens is 344 g/mol.